The quantitative estimate of drug-likeness (QED) is 0.759. The predicted molar refractivity (Wildman–Crippen MR) is 104 cm³/mol. The maximum absolute atomic E-state index is 12.9. The Balaban J connectivity index is 1.68. The van der Waals surface area contributed by atoms with Crippen LogP contribution in [0.4, 0.5) is 5.69 Å². The van der Waals surface area contributed by atoms with E-state index in [1.54, 1.807) is 4.90 Å². The molecule has 3 nitrogen and oxygen atoms in total. The van der Waals surface area contributed by atoms with E-state index in [2.05, 4.69) is 4.90 Å². The zero-order valence-corrected chi connectivity index (χ0v) is 15.8. The van der Waals surface area contributed by atoms with Crippen LogP contribution in [-0.4, -0.2) is 30.9 Å². The second-order valence-electron chi connectivity index (χ2n) is 6.51. The van der Waals surface area contributed by atoms with Crippen LogP contribution in [0, 0.1) is 5.92 Å². The van der Waals surface area contributed by atoms with Crippen LogP contribution in [0.5, 0.6) is 0 Å². The zero-order valence-electron chi connectivity index (χ0n) is 14.3. The number of nitrogens with zero attached hydrogens (tertiary/aromatic N) is 2. The van der Waals surface area contributed by atoms with Crippen molar-refractivity contribution in [3.8, 4) is 0 Å². The third-order valence-electron chi connectivity index (χ3n) is 4.77. The Morgan fingerprint density at radius 2 is 1.80 bits per heavy atom. The minimum atomic E-state index is 0.000203. The number of likely N-dealkylation sites (tertiary alicyclic amines) is 1. The van der Waals surface area contributed by atoms with Crippen molar-refractivity contribution in [3.05, 3.63) is 64.1 Å². The van der Waals surface area contributed by atoms with E-state index in [4.69, 9.17) is 23.2 Å². The highest BCUT2D eigenvalue weighted by Crippen LogP contribution is 2.28. The van der Waals surface area contributed by atoms with Crippen molar-refractivity contribution in [1.82, 2.24) is 4.90 Å². The third-order valence-corrected chi connectivity index (χ3v) is 5.48. The molecular weight excluding hydrogens is 355 g/mol. The fourth-order valence-corrected chi connectivity index (χ4v) is 3.88. The Morgan fingerprint density at radius 1 is 1.12 bits per heavy atom. The van der Waals surface area contributed by atoms with Gasteiger partial charge in [-0.15, -0.1) is 0 Å². The lowest BCUT2D eigenvalue weighted by Gasteiger charge is -2.34. The summed E-state index contributed by atoms with van der Waals surface area (Å²) in [6.45, 7) is 2.37. The molecule has 1 saturated heterocycles. The van der Waals surface area contributed by atoms with E-state index in [9.17, 15) is 4.79 Å². The highest BCUT2D eigenvalue weighted by Gasteiger charge is 2.29. The molecule has 0 aromatic heterocycles. The molecule has 0 N–H and O–H groups in total. The van der Waals surface area contributed by atoms with E-state index >= 15 is 0 Å². The Kier molecular flexibility index (Phi) is 6.00. The molecule has 3 rings (SSSR count). The second kappa shape index (κ2) is 8.22. The van der Waals surface area contributed by atoms with Gasteiger partial charge in [0.1, 0.15) is 0 Å². The van der Waals surface area contributed by atoms with Gasteiger partial charge in [0.2, 0.25) is 5.91 Å². The summed E-state index contributed by atoms with van der Waals surface area (Å²) >= 11 is 12.6. The molecule has 2 aromatic carbocycles. The number of hydrogen-bond donors (Lipinski definition) is 0. The topological polar surface area (TPSA) is 23.6 Å². The van der Waals surface area contributed by atoms with Crippen LogP contribution in [0.1, 0.15) is 18.4 Å². The number of halogens is 2. The van der Waals surface area contributed by atoms with Gasteiger partial charge in [0, 0.05) is 41.4 Å². The molecule has 1 atom stereocenters. The number of anilines is 1. The largest absolute Gasteiger partial charge is 0.315 e. The number of piperidine rings is 1. The Labute approximate surface area is 159 Å². The normalized spacial score (nSPS) is 18.1. The zero-order chi connectivity index (χ0) is 17.8. The van der Waals surface area contributed by atoms with Gasteiger partial charge < -0.3 is 4.90 Å². The summed E-state index contributed by atoms with van der Waals surface area (Å²) in [5, 5.41) is 1.37. The Hall–Kier alpha value is -1.55. The average molecular weight is 377 g/mol. The number of rotatable bonds is 4. The standard InChI is InChI=1S/C20H22Cl2N2O/c1-23(16-8-3-2-4-9-16)20(25)15-7-6-12-24(13-15)14-17-18(21)10-5-11-19(17)22/h2-5,8-11,15H,6-7,12-14H2,1H3. The molecule has 0 saturated carbocycles. The van der Waals surface area contributed by atoms with Crippen LogP contribution in [0.2, 0.25) is 10.0 Å². The molecule has 0 aliphatic carbocycles. The van der Waals surface area contributed by atoms with Crippen LogP contribution in [0.3, 0.4) is 0 Å². The van der Waals surface area contributed by atoms with Gasteiger partial charge in [-0.1, -0.05) is 47.5 Å². The summed E-state index contributed by atoms with van der Waals surface area (Å²) in [6.07, 6.45) is 1.92. The van der Waals surface area contributed by atoms with Crippen molar-refractivity contribution < 1.29 is 4.79 Å². The van der Waals surface area contributed by atoms with Crippen LogP contribution >= 0.6 is 23.2 Å². The molecule has 1 heterocycles. The van der Waals surface area contributed by atoms with Crippen molar-refractivity contribution in [2.45, 2.75) is 19.4 Å². The lowest BCUT2D eigenvalue weighted by atomic mass is 9.96. The van der Waals surface area contributed by atoms with Gasteiger partial charge in [-0.2, -0.15) is 0 Å². The molecule has 0 bridgehead atoms. The number of para-hydroxylation sites is 1. The second-order valence-corrected chi connectivity index (χ2v) is 7.32. The molecule has 0 spiro atoms. The minimum absolute atomic E-state index is 0.000203. The molecule has 0 radical (unpaired) electrons. The summed E-state index contributed by atoms with van der Waals surface area (Å²) in [7, 11) is 1.85. The van der Waals surface area contributed by atoms with E-state index in [0.29, 0.717) is 16.6 Å². The summed E-state index contributed by atoms with van der Waals surface area (Å²) in [6, 6.07) is 15.3. The van der Waals surface area contributed by atoms with Crippen molar-refractivity contribution in [1.29, 1.82) is 0 Å². The van der Waals surface area contributed by atoms with Gasteiger partial charge in [-0.25, -0.2) is 0 Å². The van der Waals surface area contributed by atoms with E-state index in [-0.39, 0.29) is 11.8 Å². The predicted octanol–water partition coefficient (Wildman–Crippen LogP) is 4.87. The van der Waals surface area contributed by atoms with Crippen molar-refractivity contribution in [3.63, 3.8) is 0 Å². The molecule has 1 unspecified atom stereocenters. The SMILES string of the molecule is CN(C(=O)C1CCCN(Cc2c(Cl)cccc2Cl)C1)c1ccccc1. The fourth-order valence-electron chi connectivity index (χ4n) is 3.36. The third kappa shape index (κ3) is 4.35. The van der Waals surface area contributed by atoms with Gasteiger partial charge in [0.25, 0.3) is 0 Å². The first kappa shape index (κ1) is 18.2. The maximum atomic E-state index is 12.9. The maximum Gasteiger partial charge on any atom is 0.231 e. The molecule has 1 aliphatic heterocycles. The number of hydrogen-bond acceptors (Lipinski definition) is 2. The van der Waals surface area contributed by atoms with Gasteiger partial charge >= 0.3 is 0 Å². The summed E-state index contributed by atoms with van der Waals surface area (Å²) in [5.41, 5.74) is 1.87. The van der Waals surface area contributed by atoms with Crippen LogP contribution in [-0.2, 0) is 11.3 Å². The summed E-state index contributed by atoms with van der Waals surface area (Å²) in [4.78, 5) is 16.9. The molecule has 25 heavy (non-hydrogen) atoms. The first-order chi connectivity index (χ1) is 12.1. The molecule has 5 heteroatoms. The lowest BCUT2D eigenvalue weighted by Crippen LogP contribution is -2.43. The Morgan fingerprint density at radius 3 is 2.48 bits per heavy atom. The van der Waals surface area contributed by atoms with Crippen molar-refractivity contribution >= 4 is 34.8 Å². The highest BCUT2D eigenvalue weighted by atomic mass is 35.5. The van der Waals surface area contributed by atoms with E-state index in [1.807, 2.05) is 55.6 Å². The minimum Gasteiger partial charge on any atom is -0.315 e. The number of carbonyl (C=O) groups is 1. The van der Waals surface area contributed by atoms with Crippen molar-refractivity contribution in [2.24, 2.45) is 5.92 Å². The molecule has 1 aliphatic rings. The van der Waals surface area contributed by atoms with Crippen LogP contribution in [0.25, 0.3) is 0 Å². The molecular formula is C20H22Cl2N2O. The van der Waals surface area contributed by atoms with E-state index in [1.165, 1.54) is 0 Å². The molecule has 2 aromatic rings. The smallest absolute Gasteiger partial charge is 0.231 e. The fraction of sp³-hybridized carbons (Fsp3) is 0.350. The van der Waals surface area contributed by atoms with E-state index in [0.717, 1.165) is 37.2 Å². The molecule has 1 amide bonds. The Bertz CT molecular complexity index is 715. The first-order valence-electron chi connectivity index (χ1n) is 8.54. The van der Waals surface area contributed by atoms with Crippen LogP contribution < -0.4 is 4.90 Å². The van der Waals surface area contributed by atoms with Gasteiger partial charge in [0.05, 0.1) is 5.92 Å². The monoisotopic (exact) mass is 376 g/mol. The highest BCUT2D eigenvalue weighted by molar-refractivity contribution is 6.35. The summed E-state index contributed by atoms with van der Waals surface area (Å²) < 4.78 is 0. The van der Waals surface area contributed by atoms with Gasteiger partial charge in [-0.05, 0) is 43.7 Å². The van der Waals surface area contributed by atoms with E-state index < -0.39 is 0 Å². The van der Waals surface area contributed by atoms with Crippen LogP contribution in [0.15, 0.2) is 48.5 Å². The van der Waals surface area contributed by atoms with Gasteiger partial charge in [0.15, 0.2) is 0 Å². The lowest BCUT2D eigenvalue weighted by molar-refractivity contribution is -0.123. The number of carbonyl (C=O) groups excluding carboxylic acids is 1. The number of benzene rings is 2. The average Bonchev–Trinajstić information content (AvgIpc) is 2.64. The summed E-state index contributed by atoms with van der Waals surface area (Å²) in [5.74, 6) is 0.168. The molecule has 1 fully saturated rings. The molecule has 132 valence electrons. The van der Waals surface area contributed by atoms with Crippen molar-refractivity contribution in [2.75, 3.05) is 25.0 Å². The first-order valence-corrected chi connectivity index (χ1v) is 9.29. The van der Waals surface area contributed by atoms with Gasteiger partial charge in [-0.3, -0.25) is 9.69 Å². The number of amides is 1.